The van der Waals surface area contributed by atoms with E-state index in [2.05, 4.69) is 10.6 Å². The van der Waals surface area contributed by atoms with Crippen LogP contribution in [-0.2, 0) is 0 Å². The predicted molar refractivity (Wildman–Crippen MR) is 99.0 cm³/mol. The van der Waals surface area contributed by atoms with Gasteiger partial charge in [0.15, 0.2) is 0 Å². The average Bonchev–Trinajstić information content (AvgIpc) is 2.60. The van der Waals surface area contributed by atoms with Crippen molar-refractivity contribution in [2.75, 3.05) is 13.1 Å². The van der Waals surface area contributed by atoms with E-state index >= 15 is 0 Å². The highest BCUT2D eigenvalue weighted by Gasteiger charge is 2.15. The molecule has 0 bridgehead atoms. The van der Waals surface area contributed by atoms with Crippen molar-refractivity contribution in [2.24, 2.45) is 0 Å². The number of carbonyl (C=O) groups is 2. The van der Waals surface area contributed by atoms with Gasteiger partial charge in [-0.25, -0.2) is 0 Å². The van der Waals surface area contributed by atoms with Gasteiger partial charge in [-0.3, -0.25) is 19.7 Å². The van der Waals surface area contributed by atoms with Crippen molar-refractivity contribution in [1.29, 1.82) is 0 Å². The molecule has 0 spiro atoms. The van der Waals surface area contributed by atoms with Crippen molar-refractivity contribution >= 4 is 40.7 Å². The summed E-state index contributed by atoms with van der Waals surface area (Å²) in [6.45, 7) is 1.94. The lowest BCUT2D eigenvalue weighted by Crippen LogP contribution is -2.34. The van der Waals surface area contributed by atoms with E-state index in [-0.39, 0.29) is 35.3 Å². The number of aryl methyl sites for hydroxylation is 1. The van der Waals surface area contributed by atoms with Crippen molar-refractivity contribution in [3.05, 3.63) is 73.2 Å². The van der Waals surface area contributed by atoms with Gasteiger partial charge in [0.1, 0.15) is 0 Å². The SMILES string of the molecule is Cc1ccc(C(=O)NCCNC(=O)c2ccc(Cl)c(Cl)c2)cc1[N+](=O)[O-]. The van der Waals surface area contributed by atoms with E-state index in [0.717, 1.165) is 0 Å². The van der Waals surface area contributed by atoms with E-state index < -0.39 is 10.8 Å². The van der Waals surface area contributed by atoms with Gasteiger partial charge in [-0.1, -0.05) is 29.3 Å². The molecule has 0 aliphatic heterocycles. The number of amides is 2. The Morgan fingerprint density at radius 2 is 1.50 bits per heavy atom. The molecule has 2 N–H and O–H groups in total. The van der Waals surface area contributed by atoms with Gasteiger partial charge >= 0.3 is 0 Å². The molecule has 0 aliphatic rings. The normalized spacial score (nSPS) is 10.3. The highest BCUT2D eigenvalue weighted by Crippen LogP contribution is 2.22. The maximum Gasteiger partial charge on any atom is 0.273 e. The minimum absolute atomic E-state index is 0.120. The second kappa shape index (κ2) is 8.64. The Balaban J connectivity index is 1.86. The molecular formula is C17H15Cl2N3O4. The summed E-state index contributed by atoms with van der Waals surface area (Å²) in [4.78, 5) is 34.4. The zero-order chi connectivity index (χ0) is 19.3. The van der Waals surface area contributed by atoms with Gasteiger partial charge in [-0.05, 0) is 31.2 Å². The topological polar surface area (TPSA) is 101 Å². The van der Waals surface area contributed by atoms with Crippen molar-refractivity contribution in [2.45, 2.75) is 6.92 Å². The van der Waals surface area contributed by atoms with Crippen molar-refractivity contribution in [3.8, 4) is 0 Å². The van der Waals surface area contributed by atoms with Crippen LogP contribution in [-0.4, -0.2) is 29.8 Å². The third kappa shape index (κ3) is 4.93. The largest absolute Gasteiger partial charge is 0.350 e. The van der Waals surface area contributed by atoms with E-state index in [0.29, 0.717) is 16.1 Å². The minimum atomic E-state index is -0.538. The van der Waals surface area contributed by atoms with Crippen LogP contribution in [0.3, 0.4) is 0 Å². The van der Waals surface area contributed by atoms with E-state index in [9.17, 15) is 19.7 Å². The van der Waals surface area contributed by atoms with E-state index in [1.54, 1.807) is 6.92 Å². The molecule has 0 saturated carbocycles. The number of rotatable bonds is 6. The van der Waals surface area contributed by atoms with Gasteiger partial charge in [0.25, 0.3) is 17.5 Å². The highest BCUT2D eigenvalue weighted by atomic mass is 35.5. The van der Waals surface area contributed by atoms with E-state index in [1.807, 2.05) is 0 Å². The maximum absolute atomic E-state index is 12.0. The molecule has 2 amide bonds. The molecule has 26 heavy (non-hydrogen) atoms. The van der Waals surface area contributed by atoms with Crippen LogP contribution in [0.25, 0.3) is 0 Å². The third-order valence-corrected chi connectivity index (χ3v) is 4.28. The molecule has 0 atom stereocenters. The number of nitro benzene ring substituents is 1. The minimum Gasteiger partial charge on any atom is -0.350 e. The zero-order valence-electron chi connectivity index (χ0n) is 13.7. The summed E-state index contributed by atoms with van der Waals surface area (Å²) in [5, 5.41) is 16.8. The molecule has 0 aliphatic carbocycles. The summed E-state index contributed by atoms with van der Waals surface area (Å²) < 4.78 is 0. The second-order valence-electron chi connectivity index (χ2n) is 5.40. The van der Waals surface area contributed by atoms with Crippen LogP contribution >= 0.6 is 23.2 Å². The Bertz CT molecular complexity index is 871. The summed E-state index contributed by atoms with van der Waals surface area (Å²) in [5.41, 5.74) is 0.879. The molecule has 2 aromatic carbocycles. The molecule has 2 rings (SSSR count). The number of carbonyl (C=O) groups excluding carboxylic acids is 2. The quantitative estimate of drug-likeness (QED) is 0.444. The lowest BCUT2D eigenvalue weighted by molar-refractivity contribution is -0.385. The van der Waals surface area contributed by atoms with E-state index in [4.69, 9.17) is 23.2 Å². The first-order valence-electron chi connectivity index (χ1n) is 7.56. The molecule has 9 heteroatoms. The molecular weight excluding hydrogens is 381 g/mol. The van der Waals surface area contributed by atoms with Crippen LogP contribution in [0.15, 0.2) is 36.4 Å². The van der Waals surface area contributed by atoms with Crippen molar-refractivity contribution in [3.63, 3.8) is 0 Å². The van der Waals surface area contributed by atoms with Crippen LogP contribution in [0.4, 0.5) is 5.69 Å². The lowest BCUT2D eigenvalue weighted by Gasteiger charge is -2.08. The third-order valence-electron chi connectivity index (χ3n) is 3.55. The number of benzene rings is 2. The first-order chi connectivity index (χ1) is 12.3. The Kier molecular flexibility index (Phi) is 6.54. The molecule has 2 aromatic rings. The van der Waals surface area contributed by atoms with Gasteiger partial charge in [0.2, 0.25) is 0 Å². The van der Waals surface area contributed by atoms with Crippen LogP contribution < -0.4 is 10.6 Å². The van der Waals surface area contributed by atoms with Gasteiger partial charge < -0.3 is 10.6 Å². The highest BCUT2D eigenvalue weighted by molar-refractivity contribution is 6.42. The first kappa shape index (κ1) is 19.7. The molecule has 0 unspecified atom stereocenters. The van der Waals surface area contributed by atoms with E-state index in [1.165, 1.54) is 36.4 Å². The van der Waals surface area contributed by atoms with Crippen molar-refractivity contribution in [1.82, 2.24) is 10.6 Å². The summed E-state index contributed by atoms with van der Waals surface area (Å²) in [7, 11) is 0. The number of nitrogens with one attached hydrogen (secondary N) is 2. The fraction of sp³-hybridized carbons (Fsp3) is 0.176. The van der Waals surface area contributed by atoms with Crippen LogP contribution in [0.2, 0.25) is 10.0 Å². The summed E-state index contributed by atoms with van der Waals surface area (Å²) in [5.74, 6) is -0.819. The molecule has 7 nitrogen and oxygen atoms in total. The van der Waals surface area contributed by atoms with Crippen LogP contribution in [0.1, 0.15) is 26.3 Å². The van der Waals surface area contributed by atoms with Crippen LogP contribution in [0.5, 0.6) is 0 Å². The smallest absolute Gasteiger partial charge is 0.273 e. The zero-order valence-corrected chi connectivity index (χ0v) is 15.2. The Morgan fingerprint density at radius 3 is 2.04 bits per heavy atom. The molecule has 0 fully saturated rings. The molecule has 0 radical (unpaired) electrons. The summed E-state index contributed by atoms with van der Waals surface area (Å²) in [6, 6.07) is 8.74. The first-order valence-corrected chi connectivity index (χ1v) is 8.31. The maximum atomic E-state index is 12.0. The lowest BCUT2D eigenvalue weighted by atomic mass is 10.1. The Hall–Kier alpha value is -2.64. The molecule has 0 aromatic heterocycles. The number of nitrogens with zero attached hydrogens (tertiary/aromatic N) is 1. The Labute approximate surface area is 159 Å². The van der Waals surface area contributed by atoms with Gasteiger partial charge in [0, 0.05) is 35.8 Å². The predicted octanol–water partition coefficient (Wildman–Crippen LogP) is 3.37. The number of hydrogen-bond donors (Lipinski definition) is 2. The average molecular weight is 396 g/mol. The van der Waals surface area contributed by atoms with Crippen LogP contribution in [0, 0.1) is 17.0 Å². The monoisotopic (exact) mass is 395 g/mol. The van der Waals surface area contributed by atoms with Gasteiger partial charge in [-0.15, -0.1) is 0 Å². The second-order valence-corrected chi connectivity index (χ2v) is 6.21. The summed E-state index contributed by atoms with van der Waals surface area (Å²) >= 11 is 11.7. The van der Waals surface area contributed by atoms with Gasteiger partial charge in [0.05, 0.1) is 15.0 Å². The fourth-order valence-corrected chi connectivity index (χ4v) is 2.44. The number of halogens is 2. The standard InChI is InChI=1S/C17H15Cl2N3O4/c1-10-2-3-12(9-15(10)22(25)26)17(24)21-7-6-20-16(23)11-4-5-13(18)14(19)8-11/h2-5,8-9H,6-7H2,1H3,(H,20,23)(H,21,24). The fourth-order valence-electron chi connectivity index (χ4n) is 2.14. The molecule has 0 saturated heterocycles. The number of hydrogen-bond acceptors (Lipinski definition) is 4. The van der Waals surface area contributed by atoms with Gasteiger partial charge in [-0.2, -0.15) is 0 Å². The van der Waals surface area contributed by atoms with Crippen molar-refractivity contribution < 1.29 is 14.5 Å². The number of nitro groups is 1. The Morgan fingerprint density at radius 1 is 0.962 bits per heavy atom. The summed E-state index contributed by atoms with van der Waals surface area (Å²) in [6.07, 6.45) is 0. The molecule has 0 heterocycles. The molecule has 136 valence electrons.